The van der Waals surface area contributed by atoms with Gasteiger partial charge in [-0.15, -0.1) is 0 Å². The molecule has 13 heavy (non-hydrogen) atoms. The topological polar surface area (TPSA) is 105 Å². The molecule has 0 radical (unpaired) electrons. The van der Waals surface area contributed by atoms with Gasteiger partial charge in [0.05, 0.1) is 0 Å². The summed E-state index contributed by atoms with van der Waals surface area (Å²) in [4.78, 5) is 30.8. The van der Waals surface area contributed by atoms with Crippen LogP contribution >= 0.6 is 0 Å². The molecule has 0 unspecified atom stereocenters. The van der Waals surface area contributed by atoms with Crippen LogP contribution in [-0.2, 0) is 14.3 Å². The van der Waals surface area contributed by atoms with Gasteiger partial charge in [0.2, 0.25) is 5.91 Å². The highest BCUT2D eigenvalue weighted by atomic mass is 16.6. The van der Waals surface area contributed by atoms with Crippen molar-refractivity contribution in [3.63, 3.8) is 0 Å². The molecule has 7 nitrogen and oxygen atoms in total. The van der Waals surface area contributed by atoms with E-state index in [1.807, 2.05) is 5.32 Å². The van der Waals surface area contributed by atoms with Crippen LogP contribution < -0.4 is 10.6 Å². The number of alkyl carbamates (subject to hydrolysis) is 1. The number of carbonyl (C=O) groups excluding carboxylic acids is 2. The zero-order chi connectivity index (χ0) is 10.3. The summed E-state index contributed by atoms with van der Waals surface area (Å²) in [5.41, 5.74) is 0. The third-order valence-electron chi connectivity index (χ3n) is 0.908. The molecule has 0 aromatic rings. The van der Waals surface area contributed by atoms with Gasteiger partial charge in [-0.2, -0.15) is 0 Å². The molecule has 0 saturated carbocycles. The maximum atomic E-state index is 10.6. The minimum absolute atomic E-state index is 0.277. The van der Waals surface area contributed by atoms with Crippen molar-refractivity contribution in [2.75, 3.05) is 13.3 Å². The number of hydrogen-bond donors (Lipinski definition) is 3. The number of carbonyl (C=O) groups is 3. The van der Waals surface area contributed by atoms with Gasteiger partial charge in [0.15, 0.2) is 6.73 Å². The largest absolute Gasteiger partial charge is 0.480 e. The van der Waals surface area contributed by atoms with Gasteiger partial charge in [0.1, 0.15) is 6.54 Å². The SMILES string of the molecule is CC(=O)NCOC(=O)NCC(=O)O. The Kier molecular flexibility index (Phi) is 5.01. The summed E-state index contributed by atoms with van der Waals surface area (Å²) in [6.07, 6.45) is -0.892. The molecule has 0 saturated heterocycles. The molecule has 0 aliphatic heterocycles. The number of nitrogens with one attached hydrogen (secondary N) is 2. The van der Waals surface area contributed by atoms with E-state index in [0.29, 0.717) is 0 Å². The normalized spacial score (nSPS) is 8.69. The maximum Gasteiger partial charge on any atom is 0.409 e. The van der Waals surface area contributed by atoms with Crippen molar-refractivity contribution in [1.82, 2.24) is 10.6 Å². The first-order valence-corrected chi connectivity index (χ1v) is 3.39. The van der Waals surface area contributed by atoms with E-state index in [1.54, 1.807) is 0 Å². The number of aliphatic carboxylic acids is 1. The highest BCUT2D eigenvalue weighted by Crippen LogP contribution is 1.74. The van der Waals surface area contributed by atoms with Crippen molar-refractivity contribution in [3.8, 4) is 0 Å². The molecule has 0 atom stereocenters. The molecule has 0 aromatic heterocycles. The fourth-order valence-electron chi connectivity index (χ4n) is 0.402. The zero-order valence-electron chi connectivity index (χ0n) is 6.99. The number of ether oxygens (including phenoxy) is 1. The Morgan fingerprint density at radius 3 is 2.38 bits per heavy atom. The molecule has 0 fully saturated rings. The average Bonchev–Trinajstić information content (AvgIpc) is 2.00. The maximum absolute atomic E-state index is 10.6. The van der Waals surface area contributed by atoms with Gasteiger partial charge in [-0.3, -0.25) is 9.59 Å². The molecular weight excluding hydrogens is 180 g/mol. The lowest BCUT2D eigenvalue weighted by Crippen LogP contribution is -2.33. The van der Waals surface area contributed by atoms with Crippen molar-refractivity contribution in [2.24, 2.45) is 0 Å². The zero-order valence-corrected chi connectivity index (χ0v) is 6.99. The first-order valence-electron chi connectivity index (χ1n) is 3.39. The van der Waals surface area contributed by atoms with Crippen LogP contribution in [0.3, 0.4) is 0 Å². The van der Waals surface area contributed by atoms with Gasteiger partial charge in [-0.1, -0.05) is 0 Å². The Balaban J connectivity index is 3.41. The molecule has 0 aliphatic rings. The highest BCUT2D eigenvalue weighted by Gasteiger charge is 2.03. The predicted molar refractivity (Wildman–Crippen MR) is 40.8 cm³/mol. The average molecular weight is 190 g/mol. The Hall–Kier alpha value is -1.79. The number of rotatable bonds is 4. The predicted octanol–water partition coefficient (Wildman–Crippen LogP) is -1.11. The van der Waals surface area contributed by atoms with Crippen molar-refractivity contribution in [2.45, 2.75) is 6.92 Å². The summed E-state index contributed by atoms with van der Waals surface area (Å²) in [5, 5.41) is 12.3. The molecule has 0 aliphatic carbocycles. The highest BCUT2D eigenvalue weighted by molar-refractivity contribution is 5.76. The van der Waals surface area contributed by atoms with Crippen LogP contribution in [0.2, 0.25) is 0 Å². The summed E-state index contributed by atoms with van der Waals surface area (Å²) < 4.78 is 4.36. The summed E-state index contributed by atoms with van der Waals surface area (Å²) >= 11 is 0. The Labute approximate surface area is 74.1 Å². The van der Waals surface area contributed by atoms with Crippen molar-refractivity contribution < 1.29 is 24.2 Å². The molecule has 0 spiro atoms. The van der Waals surface area contributed by atoms with Crippen LogP contribution in [0.5, 0.6) is 0 Å². The molecule has 0 rings (SSSR count). The Morgan fingerprint density at radius 1 is 1.31 bits per heavy atom. The summed E-state index contributed by atoms with van der Waals surface area (Å²) in [5.74, 6) is -1.51. The van der Waals surface area contributed by atoms with E-state index < -0.39 is 18.6 Å². The molecule has 74 valence electrons. The minimum atomic E-state index is -1.17. The lowest BCUT2D eigenvalue weighted by molar-refractivity contribution is -0.136. The Bertz CT molecular complexity index is 215. The number of carboxylic acids is 1. The smallest absolute Gasteiger partial charge is 0.409 e. The second kappa shape index (κ2) is 5.81. The summed E-state index contributed by atoms with van der Waals surface area (Å²) in [6.45, 7) is 0.470. The molecule has 0 heterocycles. The number of hydrogen-bond acceptors (Lipinski definition) is 4. The van der Waals surface area contributed by atoms with Gasteiger partial charge >= 0.3 is 12.1 Å². The lowest BCUT2D eigenvalue weighted by atomic mass is 10.7. The van der Waals surface area contributed by atoms with Crippen LogP contribution in [0, 0.1) is 0 Å². The van der Waals surface area contributed by atoms with Crippen LogP contribution in [0.1, 0.15) is 6.92 Å². The van der Waals surface area contributed by atoms with E-state index >= 15 is 0 Å². The van der Waals surface area contributed by atoms with Crippen LogP contribution in [-0.4, -0.2) is 36.4 Å². The third kappa shape index (κ3) is 8.11. The third-order valence-corrected chi connectivity index (χ3v) is 0.908. The second-order valence-electron chi connectivity index (χ2n) is 2.06. The van der Waals surface area contributed by atoms with Gasteiger partial charge in [-0.05, 0) is 0 Å². The van der Waals surface area contributed by atoms with Gasteiger partial charge in [-0.25, -0.2) is 4.79 Å². The molecule has 0 bridgehead atoms. The van der Waals surface area contributed by atoms with Gasteiger partial charge < -0.3 is 20.5 Å². The molecule has 3 N–H and O–H groups in total. The number of carboxylic acid groups (broad SMARTS) is 1. The first kappa shape index (κ1) is 11.2. The molecule has 0 aromatic carbocycles. The monoisotopic (exact) mass is 190 g/mol. The second-order valence-corrected chi connectivity index (χ2v) is 2.06. The van der Waals surface area contributed by atoms with E-state index in [-0.39, 0.29) is 12.6 Å². The van der Waals surface area contributed by atoms with E-state index in [9.17, 15) is 14.4 Å². The summed E-state index contributed by atoms with van der Waals surface area (Å²) in [7, 11) is 0. The first-order chi connectivity index (χ1) is 6.02. The lowest BCUT2D eigenvalue weighted by Gasteiger charge is -2.04. The molecule has 7 heteroatoms. The number of amides is 2. The van der Waals surface area contributed by atoms with Crippen LogP contribution in [0.4, 0.5) is 4.79 Å². The quantitative estimate of drug-likeness (QED) is 0.487. The van der Waals surface area contributed by atoms with Crippen molar-refractivity contribution in [1.29, 1.82) is 0 Å². The van der Waals surface area contributed by atoms with Crippen LogP contribution in [0.25, 0.3) is 0 Å². The minimum Gasteiger partial charge on any atom is -0.480 e. The van der Waals surface area contributed by atoms with Crippen molar-refractivity contribution >= 4 is 18.0 Å². The Morgan fingerprint density at radius 2 is 1.92 bits per heavy atom. The van der Waals surface area contributed by atoms with Gasteiger partial charge in [0, 0.05) is 6.92 Å². The van der Waals surface area contributed by atoms with E-state index in [2.05, 4.69) is 10.1 Å². The van der Waals surface area contributed by atoms with Gasteiger partial charge in [0.25, 0.3) is 0 Å². The molecule has 2 amide bonds. The molecular formula is C6H10N2O5. The standard InChI is InChI=1S/C6H10N2O5/c1-4(9)8-3-13-6(12)7-2-5(10)11/h2-3H2,1H3,(H,7,12)(H,8,9)(H,10,11). The van der Waals surface area contributed by atoms with E-state index in [4.69, 9.17) is 5.11 Å². The fraction of sp³-hybridized carbons (Fsp3) is 0.500. The van der Waals surface area contributed by atoms with E-state index in [1.165, 1.54) is 6.92 Å². The van der Waals surface area contributed by atoms with Crippen LogP contribution in [0.15, 0.2) is 0 Å². The van der Waals surface area contributed by atoms with Crippen molar-refractivity contribution in [3.05, 3.63) is 0 Å². The fourth-order valence-corrected chi connectivity index (χ4v) is 0.402. The van der Waals surface area contributed by atoms with E-state index in [0.717, 1.165) is 0 Å². The summed E-state index contributed by atoms with van der Waals surface area (Å²) in [6, 6.07) is 0.